The van der Waals surface area contributed by atoms with Gasteiger partial charge in [0.2, 0.25) is 0 Å². The van der Waals surface area contributed by atoms with Gasteiger partial charge in [-0.2, -0.15) is 4.98 Å². The average molecular weight is 380 g/mol. The van der Waals surface area contributed by atoms with Crippen LogP contribution in [0.15, 0.2) is 28.8 Å². The van der Waals surface area contributed by atoms with Gasteiger partial charge < -0.3 is 14.6 Å². The zero-order chi connectivity index (χ0) is 19.3. The van der Waals surface area contributed by atoms with E-state index in [0.29, 0.717) is 16.4 Å². The van der Waals surface area contributed by atoms with Crippen LogP contribution < -0.4 is 5.32 Å². The van der Waals surface area contributed by atoms with E-state index in [4.69, 9.17) is 20.9 Å². The van der Waals surface area contributed by atoms with Crippen molar-refractivity contribution in [2.45, 2.75) is 46.3 Å². The lowest BCUT2D eigenvalue weighted by atomic mass is 10.0. The number of benzene rings is 1. The predicted octanol–water partition coefficient (Wildman–Crippen LogP) is 3.34. The number of carbonyl (C=O) groups is 2. The number of ether oxygens (including phenoxy) is 1. The number of nitrogens with one attached hydrogen (secondary N) is 1. The Morgan fingerprint density at radius 3 is 2.50 bits per heavy atom. The molecule has 0 radical (unpaired) electrons. The molecule has 0 saturated heterocycles. The maximum Gasteiger partial charge on any atom is 0.329 e. The van der Waals surface area contributed by atoms with E-state index in [2.05, 4.69) is 15.5 Å². The lowest BCUT2D eigenvalue weighted by molar-refractivity contribution is -0.149. The third-order valence-corrected chi connectivity index (χ3v) is 3.99. The maximum absolute atomic E-state index is 12.4. The smallest absolute Gasteiger partial charge is 0.329 e. The van der Waals surface area contributed by atoms with Gasteiger partial charge in [-0.3, -0.25) is 4.79 Å². The fourth-order valence-corrected chi connectivity index (χ4v) is 2.37. The Kier molecular flexibility index (Phi) is 6.74. The van der Waals surface area contributed by atoms with Crippen LogP contribution >= 0.6 is 11.6 Å². The number of carbonyl (C=O) groups excluding carboxylic acids is 2. The van der Waals surface area contributed by atoms with E-state index in [1.807, 2.05) is 27.7 Å². The summed E-state index contributed by atoms with van der Waals surface area (Å²) in [7, 11) is 0. The number of nitrogens with zero attached hydrogens (tertiary/aromatic N) is 2. The molecule has 1 amide bonds. The van der Waals surface area contributed by atoms with Crippen LogP contribution in [0.2, 0.25) is 5.02 Å². The lowest BCUT2D eigenvalue weighted by Gasteiger charge is -2.20. The molecule has 8 heteroatoms. The van der Waals surface area contributed by atoms with Crippen molar-refractivity contribution >= 4 is 23.5 Å². The molecule has 0 bridgehead atoms. The molecule has 7 nitrogen and oxygen atoms in total. The number of amides is 1. The second-order valence-electron chi connectivity index (χ2n) is 6.48. The van der Waals surface area contributed by atoms with E-state index in [9.17, 15) is 9.59 Å². The molecule has 0 aliphatic rings. The van der Waals surface area contributed by atoms with Gasteiger partial charge in [-0.1, -0.05) is 56.6 Å². The highest BCUT2D eigenvalue weighted by atomic mass is 35.5. The van der Waals surface area contributed by atoms with Crippen molar-refractivity contribution < 1.29 is 18.8 Å². The first kappa shape index (κ1) is 19.9. The minimum Gasteiger partial charge on any atom is -0.454 e. The van der Waals surface area contributed by atoms with E-state index in [1.165, 1.54) is 0 Å². The molecule has 2 rings (SSSR count). The Hall–Kier alpha value is -2.41. The zero-order valence-corrected chi connectivity index (χ0v) is 15.9. The van der Waals surface area contributed by atoms with E-state index in [-0.39, 0.29) is 24.3 Å². The van der Waals surface area contributed by atoms with Gasteiger partial charge in [0.25, 0.3) is 11.8 Å². The van der Waals surface area contributed by atoms with Crippen LogP contribution in [0.1, 0.15) is 55.7 Å². The van der Waals surface area contributed by atoms with Gasteiger partial charge in [0, 0.05) is 5.92 Å². The quantitative estimate of drug-likeness (QED) is 0.741. The van der Waals surface area contributed by atoms with Gasteiger partial charge in [0.1, 0.15) is 6.04 Å². The summed E-state index contributed by atoms with van der Waals surface area (Å²) in [6.07, 6.45) is 0. The Balaban J connectivity index is 2.00. The first-order valence-corrected chi connectivity index (χ1v) is 8.72. The molecule has 0 unspecified atom stereocenters. The van der Waals surface area contributed by atoms with E-state index >= 15 is 0 Å². The normalized spacial score (nSPS) is 12.3. The van der Waals surface area contributed by atoms with Crippen molar-refractivity contribution in [2.24, 2.45) is 5.92 Å². The molecule has 1 aromatic heterocycles. The fourth-order valence-electron chi connectivity index (χ4n) is 2.15. The van der Waals surface area contributed by atoms with Gasteiger partial charge in [0.05, 0.1) is 10.6 Å². The van der Waals surface area contributed by atoms with E-state index in [1.54, 1.807) is 24.3 Å². The average Bonchev–Trinajstić information content (AvgIpc) is 3.07. The Bertz CT molecular complexity index is 773. The number of hydrogen-bond donors (Lipinski definition) is 1. The molecule has 2 aromatic rings. The van der Waals surface area contributed by atoms with Crippen LogP contribution in [0.25, 0.3) is 0 Å². The van der Waals surface area contributed by atoms with Crippen molar-refractivity contribution in [3.05, 3.63) is 46.6 Å². The topological polar surface area (TPSA) is 94.3 Å². The van der Waals surface area contributed by atoms with Crippen molar-refractivity contribution in [1.29, 1.82) is 0 Å². The van der Waals surface area contributed by atoms with Gasteiger partial charge >= 0.3 is 5.97 Å². The second kappa shape index (κ2) is 8.80. The largest absolute Gasteiger partial charge is 0.454 e. The van der Waals surface area contributed by atoms with Crippen LogP contribution in [-0.2, 0) is 16.1 Å². The highest BCUT2D eigenvalue weighted by molar-refractivity contribution is 6.33. The monoisotopic (exact) mass is 379 g/mol. The van der Waals surface area contributed by atoms with Gasteiger partial charge in [-0.05, 0) is 18.1 Å². The minimum absolute atomic E-state index is 0.113. The lowest BCUT2D eigenvalue weighted by Crippen LogP contribution is -2.45. The Morgan fingerprint density at radius 2 is 1.92 bits per heavy atom. The number of halogens is 1. The van der Waals surface area contributed by atoms with Crippen LogP contribution in [0, 0.1) is 5.92 Å². The molecular formula is C18H22ClN3O4. The molecule has 0 spiro atoms. The third-order valence-electron chi connectivity index (χ3n) is 3.66. The number of esters is 1. The number of aromatic nitrogens is 2. The molecule has 0 saturated carbocycles. The van der Waals surface area contributed by atoms with Crippen molar-refractivity contribution in [2.75, 3.05) is 0 Å². The molecular weight excluding hydrogens is 358 g/mol. The molecule has 1 atom stereocenters. The van der Waals surface area contributed by atoms with Crippen molar-refractivity contribution in [1.82, 2.24) is 15.5 Å². The maximum atomic E-state index is 12.4. The van der Waals surface area contributed by atoms with E-state index < -0.39 is 17.9 Å². The summed E-state index contributed by atoms with van der Waals surface area (Å²) in [5.41, 5.74) is 0.297. The standard InChI is InChI=1S/C18H22ClN3O4/c1-10(2)15(21-17(23)12-7-5-6-8-13(12)19)18(24)25-9-14-20-16(11(3)4)22-26-14/h5-8,10-11,15H,9H2,1-4H3,(H,21,23)/t15-/m0/s1. The van der Waals surface area contributed by atoms with Crippen LogP contribution in [-0.4, -0.2) is 28.1 Å². The summed E-state index contributed by atoms with van der Waals surface area (Å²) in [5.74, 6) is -0.328. The summed E-state index contributed by atoms with van der Waals surface area (Å²) < 4.78 is 10.3. The Morgan fingerprint density at radius 1 is 1.23 bits per heavy atom. The van der Waals surface area contributed by atoms with Crippen LogP contribution in [0.3, 0.4) is 0 Å². The van der Waals surface area contributed by atoms with Gasteiger partial charge in [0.15, 0.2) is 12.4 Å². The summed E-state index contributed by atoms with van der Waals surface area (Å²) in [6.45, 7) is 7.33. The summed E-state index contributed by atoms with van der Waals surface area (Å²) in [5, 5.41) is 6.79. The number of hydrogen-bond acceptors (Lipinski definition) is 6. The van der Waals surface area contributed by atoms with Crippen LogP contribution in [0.5, 0.6) is 0 Å². The molecule has 1 heterocycles. The summed E-state index contributed by atoms with van der Waals surface area (Å²) in [4.78, 5) is 28.9. The minimum atomic E-state index is -0.828. The molecule has 1 aromatic carbocycles. The highest BCUT2D eigenvalue weighted by Crippen LogP contribution is 2.16. The van der Waals surface area contributed by atoms with E-state index in [0.717, 1.165) is 0 Å². The second-order valence-corrected chi connectivity index (χ2v) is 6.89. The molecule has 140 valence electrons. The zero-order valence-electron chi connectivity index (χ0n) is 15.2. The summed E-state index contributed by atoms with van der Waals surface area (Å²) in [6, 6.07) is 5.80. The van der Waals surface area contributed by atoms with Crippen molar-refractivity contribution in [3.63, 3.8) is 0 Å². The SMILES string of the molecule is CC(C)c1noc(COC(=O)[C@@H](NC(=O)c2ccccc2Cl)C(C)C)n1. The van der Waals surface area contributed by atoms with Gasteiger partial charge in [-0.15, -0.1) is 0 Å². The first-order valence-electron chi connectivity index (χ1n) is 8.34. The highest BCUT2D eigenvalue weighted by Gasteiger charge is 2.27. The molecule has 0 aliphatic heterocycles. The van der Waals surface area contributed by atoms with Gasteiger partial charge in [-0.25, -0.2) is 4.79 Å². The molecule has 1 N–H and O–H groups in total. The molecule has 0 aliphatic carbocycles. The van der Waals surface area contributed by atoms with Crippen LogP contribution in [0.4, 0.5) is 0 Å². The first-order chi connectivity index (χ1) is 12.3. The van der Waals surface area contributed by atoms with Crippen molar-refractivity contribution in [3.8, 4) is 0 Å². The molecule has 0 fully saturated rings. The Labute approximate surface area is 157 Å². The number of rotatable bonds is 7. The molecule has 26 heavy (non-hydrogen) atoms. The predicted molar refractivity (Wildman–Crippen MR) is 95.7 cm³/mol. The summed E-state index contributed by atoms with van der Waals surface area (Å²) >= 11 is 6.03. The third kappa shape index (κ3) is 5.05. The fraction of sp³-hybridized carbons (Fsp3) is 0.444.